The van der Waals surface area contributed by atoms with Crippen LogP contribution in [-0.2, 0) is 4.79 Å². The van der Waals surface area contributed by atoms with E-state index in [0.29, 0.717) is 10.8 Å². The van der Waals surface area contributed by atoms with E-state index in [0.717, 1.165) is 32.8 Å². The summed E-state index contributed by atoms with van der Waals surface area (Å²) in [5.41, 5.74) is 2.96. The molecule has 7 heteroatoms. The number of pyridine rings is 2. The van der Waals surface area contributed by atoms with Crippen LogP contribution in [0.15, 0.2) is 78.0 Å². The predicted molar refractivity (Wildman–Crippen MR) is 127 cm³/mol. The van der Waals surface area contributed by atoms with E-state index in [1.54, 1.807) is 19.2 Å². The average Bonchev–Trinajstić information content (AvgIpc) is 2.80. The third-order valence-electron chi connectivity index (χ3n) is 4.72. The Labute approximate surface area is 189 Å². The van der Waals surface area contributed by atoms with E-state index in [1.165, 1.54) is 18.0 Å². The first-order valence-corrected chi connectivity index (χ1v) is 10.9. The number of carbonyl (C=O) groups is 1. The third kappa shape index (κ3) is 4.98. The van der Waals surface area contributed by atoms with Crippen molar-refractivity contribution < 1.29 is 9.53 Å². The van der Waals surface area contributed by atoms with Gasteiger partial charge in [0.05, 0.1) is 27.9 Å². The third-order valence-corrected chi connectivity index (χ3v) is 5.97. The van der Waals surface area contributed by atoms with Gasteiger partial charge in [-0.1, -0.05) is 53.7 Å². The van der Waals surface area contributed by atoms with Crippen LogP contribution in [0.5, 0.6) is 5.75 Å². The van der Waals surface area contributed by atoms with Gasteiger partial charge >= 0.3 is 0 Å². The van der Waals surface area contributed by atoms with Gasteiger partial charge in [0.1, 0.15) is 11.6 Å². The summed E-state index contributed by atoms with van der Waals surface area (Å²) in [7, 11) is 1.63. The number of carbonyl (C=O) groups excluding carboxylic acids is 1. The molecule has 0 spiro atoms. The topological polar surface area (TPSA) is 64.1 Å². The quantitative estimate of drug-likeness (QED) is 0.361. The van der Waals surface area contributed by atoms with Gasteiger partial charge < -0.3 is 10.1 Å². The molecule has 1 N–H and O–H groups in total. The molecule has 31 heavy (non-hydrogen) atoms. The number of hydrogen-bond acceptors (Lipinski definition) is 5. The van der Waals surface area contributed by atoms with Crippen molar-refractivity contribution in [2.45, 2.75) is 17.2 Å². The van der Waals surface area contributed by atoms with Gasteiger partial charge in [-0.3, -0.25) is 4.79 Å². The number of anilines is 1. The second kappa shape index (κ2) is 9.37. The maximum absolute atomic E-state index is 12.7. The van der Waals surface area contributed by atoms with E-state index in [4.69, 9.17) is 21.3 Å². The second-order valence-corrected chi connectivity index (χ2v) is 8.67. The lowest BCUT2D eigenvalue weighted by molar-refractivity contribution is -0.115. The first-order chi connectivity index (χ1) is 15.0. The number of benzene rings is 2. The van der Waals surface area contributed by atoms with Gasteiger partial charge in [-0.2, -0.15) is 0 Å². The van der Waals surface area contributed by atoms with Crippen molar-refractivity contribution in [3.63, 3.8) is 0 Å². The van der Waals surface area contributed by atoms with Gasteiger partial charge in [0.15, 0.2) is 0 Å². The Hall–Kier alpha value is -3.09. The fourth-order valence-electron chi connectivity index (χ4n) is 3.14. The van der Waals surface area contributed by atoms with Gasteiger partial charge in [-0.15, -0.1) is 0 Å². The minimum Gasteiger partial charge on any atom is -0.497 e. The van der Waals surface area contributed by atoms with Crippen molar-refractivity contribution in [2.24, 2.45) is 0 Å². The van der Waals surface area contributed by atoms with E-state index < -0.39 is 0 Å². The molecule has 156 valence electrons. The normalized spacial score (nSPS) is 11.8. The first-order valence-electron chi connectivity index (χ1n) is 9.67. The number of nitrogens with zero attached hydrogens (tertiary/aromatic N) is 2. The van der Waals surface area contributed by atoms with Crippen LogP contribution in [0.3, 0.4) is 0 Å². The van der Waals surface area contributed by atoms with E-state index >= 15 is 0 Å². The van der Waals surface area contributed by atoms with Crippen LogP contribution in [-0.4, -0.2) is 28.2 Å². The van der Waals surface area contributed by atoms with Crippen LogP contribution >= 0.6 is 23.4 Å². The lowest BCUT2D eigenvalue weighted by atomic mass is 10.0. The summed E-state index contributed by atoms with van der Waals surface area (Å²) in [4.78, 5) is 21.6. The Bertz CT molecular complexity index is 1220. The highest BCUT2D eigenvalue weighted by molar-refractivity contribution is 8.00. The van der Waals surface area contributed by atoms with Gasteiger partial charge in [-0.25, -0.2) is 9.97 Å². The van der Waals surface area contributed by atoms with E-state index in [2.05, 4.69) is 22.4 Å². The molecule has 1 atom stereocenters. The highest BCUT2D eigenvalue weighted by Gasteiger charge is 2.18. The van der Waals surface area contributed by atoms with Crippen LogP contribution in [0.4, 0.5) is 5.82 Å². The summed E-state index contributed by atoms with van der Waals surface area (Å²) in [6.45, 7) is 1.84. The first kappa shape index (κ1) is 21.2. The summed E-state index contributed by atoms with van der Waals surface area (Å²) in [6, 6.07) is 21.4. The van der Waals surface area contributed by atoms with E-state index in [9.17, 15) is 4.79 Å². The molecule has 0 fully saturated rings. The number of methoxy groups -OCH3 is 1. The summed E-state index contributed by atoms with van der Waals surface area (Å²) < 4.78 is 5.37. The second-order valence-electron chi connectivity index (χ2n) is 6.87. The van der Waals surface area contributed by atoms with Gasteiger partial charge in [0.2, 0.25) is 5.91 Å². The fourth-order valence-corrected chi connectivity index (χ4v) is 4.12. The number of hydrogen-bond donors (Lipinski definition) is 1. The van der Waals surface area contributed by atoms with E-state index in [1.807, 2.05) is 49.4 Å². The molecule has 0 saturated carbocycles. The number of rotatable bonds is 6. The highest BCUT2D eigenvalue weighted by Crippen LogP contribution is 2.34. The number of amides is 1. The Morgan fingerprint density at radius 2 is 1.90 bits per heavy atom. The summed E-state index contributed by atoms with van der Waals surface area (Å²) in [6.07, 6.45) is 1.50. The van der Waals surface area contributed by atoms with Crippen molar-refractivity contribution in [3.8, 4) is 16.9 Å². The lowest BCUT2D eigenvalue weighted by Gasteiger charge is -2.14. The van der Waals surface area contributed by atoms with Crippen molar-refractivity contribution in [2.75, 3.05) is 12.4 Å². The minimum atomic E-state index is -0.378. The molecule has 0 aliphatic carbocycles. The fraction of sp³-hybridized carbons (Fsp3) is 0.125. The summed E-state index contributed by atoms with van der Waals surface area (Å²) in [5.74, 6) is 1.04. The highest BCUT2D eigenvalue weighted by atomic mass is 35.5. The van der Waals surface area contributed by atoms with Crippen molar-refractivity contribution in [3.05, 3.63) is 77.9 Å². The van der Waals surface area contributed by atoms with Gasteiger partial charge in [0, 0.05) is 17.6 Å². The molecule has 0 bridgehead atoms. The number of aromatic nitrogens is 2. The lowest BCUT2D eigenvalue weighted by Crippen LogP contribution is -2.23. The standard InChI is InChI=1S/C24H20ClN3O2S/c1-15(24(29)28-22-11-8-17(25)14-26-22)31-23-13-20(16-6-4-3-5-7-16)19-10-9-18(30-2)12-21(19)27-23/h3-15H,1-2H3,(H,26,28,29)/t15-/m1/s1. The summed E-state index contributed by atoms with van der Waals surface area (Å²) in [5, 5.41) is 4.74. The number of ether oxygens (including phenoxy) is 1. The SMILES string of the molecule is COc1ccc2c(-c3ccccc3)cc(S[C@H](C)C(=O)Nc3ccc(Cl)cn3)nc2c1. The zero-order valence-corrected chi connectivity index (χ0v) is 18.6. The van der Waals surface area contributed by atoms with Crippen molar-refractivity contribution in [1.29, 1.82) is 0 Å². The molecule has 2 aromatic heterocycles. The molecule has 0 aliphatic heterocycles. The van der Waals surface area contributed by atoms with Gasteiger partial charge in [-0.05, 0) is 48.4 Å². The number of nitrogens with one attached hydrogen (secondary N) is 1. The largest absolute Gasteiger partial charge is 0.497 e. The monoisotopic (exact) mass is 449 g/mol. The molecule has 0 radical (unpaired) electrons. The van der Waals surface area contributed by atoms with Crippen molar-refractivity contribution in [1.82, 2.24) is 9.97 Å². The molecule has 4 aromatic rings. The molecular formula is C24H20ClN3O2S. The van der Waals surface area contributed by atoms with Crippen LogP contribution in [0.25, 0.3) is 22.0 Å². The van der Waals surface area contributed by atoms with Crippen molar-refractivity contribution >= 4 is 46.0 Å². The molecule has 2 heterocycles. The van der Waals surface area contributed by atoms with Crippen LogP contribution in [0, 0.1) is 0 Å². The maximum atomic E-state index is 12.7. The van der Waals surface area contributed by atoms with Crippen LogP contribution in [0.1, 0.15) is 6.92 Å². The zero-order chi connectivity index (χ0) is 21.8. The van der Waals surface area contributed by atoms with E-state index in [-0.39, 0.29) is 11.2 Å². The Balaban J connectivity index is 1.64. The smallest absolute Gasteiger partial charge is 0.238 e. The maximum Gasteiger partial charge on any atom is 0.238 e. The Kier molecular flexibility index (Phi) is 6.39. The molecule has 2 aromatic carbocycles. The average molecular weight is 450 g/mol. The molecule has 5 nitrogen and oxygen atoms in total. The van der Waals surface area contributed by atoms with Crippen LogP contribution in [0.2, 0.25) is 5.02 Å². The summed E-state index contributed by atoms with van der Waals surface area (Å²) >= 11 is 7.25. The molecule has 0 aliphatic rings. The van der Waals surface area contributed by atoms with Gasteiger partial charge in [0.25, 0.3) is 0 Å². The molecular weight excluding hydrogens is 430 g/mol. The molecule has 4 rings (SSSR count). The number of halogens is 1. The Morgan fingerprint density at radius 3 is 2.61 bits per heavy atom. The zero-order valence-electron chi connectivity index (χ0n) is 17.0. The minimum absolute atomic E-state index is 0.159. The number of thioether (sulfide) groups is 1. The van der Waals surface area contributed by atoms with Crippen LogP contribution < -0.4 is 10.1 Å². The Morgan fingerprint density at radius 1 is 1.10 bits per heavy atom. The number of fused-ring (bicyclic) bond motifs is 1. The predicted octanol–water partition coefficient (Wildman–Crippen LogP) is 6.08. The molecule has 1 amide bonds. The molecule has 0 saturated heterocycles. The molecule has 0 unspecified atom stereocenters.